The fourth-order valence-electron chi connectivity index (χ4n) is 4.44. The standard InChI is InChI=1S/C26H26N6S/c1-19-16-30(20(2)28-19)25-9-6-22-10-13-29(17-23(22)15-25)33-32-18-26(32)14-21-4-7-24(8-5-21)31-12-3-11-27-31/h3-9,11-12,15-16,18H,10,13-14,17H2,1-2H3. The number of nitrogens with zero attached hydrogens (tertiary/aromatic N) is 6. The zero-order chi connectivity index (χ0) is 22.4. The Kier molecular flexibility index (Phi) is 5.08. The van der Waals surface area contributed by atoms with Gasteiger partial charge >= 0.3 is 0 Å². The molecule has 0 saturated carbocycles. The smallest absolute Gasteiger partial charge is 0.110 e. The second kappa shape index (κ2) is 8.24. The van der Waals surface area contributed by atoms with Crippen molar-refractivity contribution in [1.29, 1.82) is 0 Å². The van der Waals surface area contributed by atoms with Gasteiger partial charge in [0.2, 0.25) is 0 Å². The van der Waals surface area contributed by atoms with E-state index in [9.17, 15) is 0 Å². The van der Waals surface area contributed by atoms with Crippen LogP contribution in [-0.2, 0) is 19.4 Å². The van der Waals surface area contributed by atoms with Gasteiger partial charge in [-0.1, -0.05) is 18.2 Å². The first-order chi connectivity index (χ1) is 16.1. The van der Waals surface area contributed by atoms with Gasteiger partial charge in [0, 0.05) is 62.1 Å². The van der Waals surface area contributed by atoms with Crippen LogP contribution in [0, 0.1) is 13.8 Å². The monoisotopic (exact) mass is 454 g/mol. The molecule has 0 atom stereocenters. The molecular weight excluding hydrogens is 428 g/mol. The summed E-state index contributed by atoms with van der Waals surface area (Å²) in [6, 6.07) is 17.4. The van der Waals surface area contributed by atoms with Crippen LogP contribution in [0.2, 0.25) is 0 Å². The molecule has 166 valence electrons. The highest BCUT2D eigenvalue weighted by Crippen LogP contribution is 2.37. The Morgan fingerprint density at radius 3 is 2.61 bits per heavy atom. The molecule has 2 aromatic heterocycles. The van der Waals surface area contributed by atoms with E-state index >= 15 is 0 Å². The minimum atomic E-state index is 0.955. The van der Waals surface area contributed by atoms with Crippen molar-refractivity contribution in [2.45, 2.75) is 33.2 Å². The summed E-state index contributed by atoms with van der Waals surface area (Å²) in [6.45, 7) is 6.13. The molecule has 2 aliphatic heterocycles. The highest BCUT2D eigenvalue weighted by molar-refractivity contribution is 7.95. The van der Waals surface area contributed by atoms with Gasteiger partial charge in [-0.05, 0) is 67.3 Å². The van der Waals surface area contributed by atoms with Crippen molar-refractivity contribution >= 4 is 12.1 Å². The Bertz CT molecular complexity index is 1320. The van der Waals surface area contributed by atoms with E-state index in [0.717, 1.165) is 43.1 Å². The van der Waals surface area contributed by atoms with Gasteiger partial charge in [0.25, 0.3) is 0 Å². The van der Waals surface area contributed by atoms with Crippen molar-refractivity contribution in [3.05, 3.63) is 107 Å². The molecule has 2 aliphatic rings. The number of benzene rings is 2. The topological polar surface area (TPSA) is 41.9 Å². The lowest BCUT2D eigenvalue weighted by Crippen LogP contribution is -2.26. The number of rotatable bonds is 6. The highest BCUT2D eigenvalue weighted by Gasteiger charge is 2.27. The molecule has 0 fully saturated rings. The van der Waals surface area contributed by atoms with Gasteiger partial charge < -0.3 is 4.57 Å². The Hall–Kier alpha value is -3.29. The highest BCUT2D eigenvalue weighted by atomic mass is 32.2. The minimum Gasteiger partial charge on any atom is -0.304 e. The van der Waals surface area contributed by atoms with Crippen molar-refractivity contribution in [3.63, 3.8) is 0 Å². The van der Waals surface area contributed by atoms with E-state index < -0.39 is 0 Å². The summed E-state index contributed by atoms with van der Waals surface area (Å²) in [5.74, 6) is 1.03. The lowest BCUT2D eigenvalue weighted by atomic mass is 10.0. The summed E-state index contributed by atoms with van der Waals surface area (Å²) < 4.78 is 8.84. The molecule has 0 amide bonds. The fraction of sp³-hybridized carbons (Fsp3) is 0.231. The number of imidazole rings is 1. The number of fused-ring (bicyclic) bond motifs is 1. The van der Waals surface area contributed by atoms with Crippen molar-refractivity contribution in [3.8, 4) is 11.4 Å². The second-order valence-corrected chi connectivity index (χ2v) is 9.76. The van der Waals surface area contributed by atoms with Gasteiger partial charge in [-0.3, -0.25) is 4.31 Å². The van der Waals surface area contributed by atoms with E-state index in [2.05, 4.69) is 85.0 Å². The van der Waals surface area contributed by atoms with Crippen LogP contribution in [0.5, 0.6) is 0 Å². The van der Waals surface area contributed by atoms with Crippen LogP contribution < -0.4 is 0 Å². The van der Waals surface area contributed by atoms with E-state index in [0.29, 0.717) is 0 Å². The first-order valence-electron chi connectivity index (χ1n) is 11.3. The van der Waals surface area contributed by atoms with Crippen LogP contribution in [0.4, 0.5) is 0 Å². The summed E-state index contributed by atoms with van der Waals surface area (Å²) in [5.41, 5.74) is 8.90. The molecule has 7 heteroatoms. The maximum absolute atomic E-state index is 4.55. The molecule has 0 spiro atoms. The largest absolute Gasteiger partial charge is 0.304 e. The van der Waals surface area contributed by atoms with Crippen molar-refractivity contribution < 1.29 is 0 Å². The van der Waals surface area contributed by atoms with Crippen molar-refractivity contribution in [2.75, 3.05) is 6.54 Å². The number of aryl methyl sites for hydroxylation is 2. The third-order valence-corrected chi connectivity index (χ3v) is 7.28. The van der Waals surface area contributed by atoms with E-state index in [1.165, 1.54) is 28.1 Å². The van der Waals surface area contributed by atoms with Gasteiger partial charge in [-0.25, -0.2) is 14.0 Å². The maximum Gasteiger partial charge on any atom is 0.110 e. The molecular formula is C26H26N6S. The van der Waals surface area contributed by atoms with E-state index in [4.69, 9.17) is 0 Å². The van der Waals surface area contributed by atoms with Crippen molar-refractivity contribution in [1.82, 2.24) is 27.9 Å². The fourth-order valence-corrected chi connectivity index (χ4v) is 5.40. The van der Waals surface area contributed by atoms with Crippen LogP contribution in [-0.4, -0.2) is 34.5 Å². The van der Waals surface area contributed by atoms with Gasteiger partial charge in [0.15, 0.2) is 0 Å². The normalized spacial score (nSPS) is 15.5. The predicted octanol–water partition coefficient (Wildman–Crippen LogP) is 5.00. The number of hydrogen-bond acceptors (Lipinski definition) is 5. The average Bonchev–Trinajstić information content (AvgIpc) is 3.19. The van der Waals surface area contributed by atoms with Gasteiger partial charge in [0.1, 0.15) is 5.82 Å². The summed E-state index contributed by atoms with van der Waals surface area (Å²) >= 11 is 1.83. The Morgan fingerprint density at radius 1 is 1.00 bits per heavy atom. The molecule has 0 unspecified atom stereocenters. The summed E-state index contributed by atoms with van der Waals surface area (Å²) in [4.78, 5) is 4.55. The maximum atomic E-state index is 4.55. The first kappa shape index (κ1) is 20.3. The molecule has 33 heavy (non-hydrogen) atoms. The van der Waals surface area contributed by atoms with Crippen LogP contribution in [0.25, 0.3) is 11.4 Å². The third kappa shape index (κ3) is 4.21. The summed E-state index contributed by atoms with van der Waals surface area (Å²) in [7, 11) is 0. The van der Waals surface area contributed by atoms with Gasteiger partial charge in [-0.2, -0.15) is 5.10 Å². The minimum absolute atomic E-state index is 0.955. The van der Waals surface area contributed by atoms with Gasteiger partial charge in [0.05, 0.1) is 17.1 Å². The summed E-state index contributed by atoms with van der Waals surface area (Å²) in [5, 5.41) is 4.29. The molecule has 0 bridgehead atoms. The Morgan fingerprint density at radius 2 is 1.85 bits per heavy atom. The predicted molar refractivity (Wildman–Crippen MR) is 132 cm³/mol. The van der Waals surface area contributed by atoms with E-state index in [-0.39, 0.29) is 0 Å². The molecule has 0 aliphatic carbocycles. The average molecular weight is 455 g/mol. The summed E-state index contributed by atoms with van der Waals surface area (Å²) in [6.07, 6.45) is 10.2. The third-order valence-electron chi connectivity index (χ3n) is 6.22. The zero-order valence-electron chi connectivity index (χ0n) is 18.8. The molecule has 2 aromatic carbocycles. The van der Waals surface area contributed by atoms with Crippen molar-refractivity contribution in [2.24, 2.45) is 0 Å². The Labute approximate surface area is 198 Å². The molecule has 4 aromatic rings. The SMILES string of the molecule is Cc1cn(-c2ccc3c(c2)CN(SN2C=C2Cc2ccc(-n4cccn4)cc2)CC3)c(C)n1. The number of aromatic nitrogens is 4. The number of hydrogen-bond donors (Lipinski definition) is 0. The van der Waals surface area contributed by atoms with Crippen LogP contribution >= 0.6 is 12.1 Å². The van der Waals surface area contributed by atoms with Gasteiger partial charge in [-0.15, -0.1) is 0 Å². The molecule has 6 rings (SSSR count). The second-order valence-electron chi connectivity index (χ2n) is 8.69. The van der Waals surface area contributed by atoms with Crippen LogP contribution in [0.1, 0.15) is 28.2 Å². The van der Waals surface area contributed by atoms with Crippen LogP contribution in [0.3, 0.4) is 0 Å². The number of allylic oxidation sites excluding steroid dienone is 1. The molecule has 4 heterocycles. The molecule has 6 nitrogen and oxygen atoms in total. The molecule has 0 radical (unpaired) electrons. The Balaban J connectivity index is 1.07. The lowest BCUT2D eigenvalue weighted by Gasteiger charge is -2.28. The zero-order valence-corrected chi connectivity index (χ0v) is 19.7. The quantitative estimate of drug-likeness (QED) is 0.384. The first-order valence-corrected chi connectivity index (χ1v) is 12.0. The van der Waals surface area contributed by atoms with Crippen LogP contribution in [0.15, 0.2) is 79.0 Å². The lowest BCUT2D eigenvalue weighted by molar-refractivity contribution is 0.436. The molecule has 0 saturated heterocycles. The van der Waals surface area contributed by atoms with E-state index in [1.54, 1.807) is 6.20 Å². The molecule has 0 N–H and O–H groups in total. The van der Waals surface area contributed by atoms with E-state index in [1.807, 2.05) is 36.0 Å².